The predicted molar refractivity (Wildman–Crippen MR) is 103 cm³/mol. The molecule has 4 rings (SSSR count). The van der Waals surface area contributed by atoms with Crippen LogP contribution >= 0.6 is 0 Å². The molecule has 138 valence electrons. The normalized spacial score (nSPS) is 19.0. The van der Waals surface area contributed by atoms with E-state index in [-0.39, 0.29) is 17.9 Å². The minimum atomic E-state index is 0.0365. The highest BCUT2D eigenvalue weighted by Crippen LogP contribution is 2.32. The lowest BCUT2D eigenvalue weighted by Crippen LogP contribution is -2.22. The number of hydrogen-bond acceptors (Lipinski definition) is 5. The van der Waals surface area contributed by atoms with E-state index in [4.69, 9.17) is 4.74 Å². The Hall–Kier alpha value is -2.91. The highest BCUT2D eigenvalue weighted by atomic mass is 16.5. The first-order valence-electron chi connectivity index (χ1n) is 9.27. The van der Waals surface area contributed by atoms with Crippen LogP contribution in [0.3, 0.4) is 0 Å². The monoisotopic (exact) mass is 362 g/mol. The quantitative estimate of drug-likeness (QED) is 0.884. The third kappa shape index (κ3) is 3.79. The fourth-order valence-electron chi connectivity index (χ4n) is 3.47. The number of nitrogens with zero attached hydrogens (tertiary/aromatic N) is 3. The third-order valence-electron chi connectivity index (χ3n) is 5.23. The van der Waals surface area contributed by atoms with Crippen molar-refractivity contribution in [2.24, 2.45) is 5.92 Å². The van der Waals surface area contributed by atoms with Crippen molar-refractivity contribution >= 4 is 17.4 Å². The highest BCUT2D eigenvalue weighted by Gasteiger charge is 2.29. The number of carbonyl (C=O) groups is 1. The molecule has 1 saturated carbocycles. The van der Waals surface area contributed by atoms with Gasteiger partial charge < -0.3 is 15.0 Å². The van der Waals surface area contributed by atoms with Gasteiger partial charge in [-0.3, -0.25) is 4.79 Å². The van der Waals surface area contributed by atoms with Crippen LogP contribution in [0.2, 0.25) is 0 Å². The van der Waals surface area contributed by atoms with Gasteiger partial charge >= 0.3 is 0 Å². The molecular formula is C21H22N4O2. The summed E-state index contributed by atoms with van der Waals surface area (Å²) in [5.41, 5.74) is 3.44. The number of aromatic nitrogens is 1. The zero-order valence-corrected chi connectivity index (χ0v) is 15.3. The Morgan fingerprint density at radius 3 is 2.78 bits per heavy atom. The van der Waals surface area contributed by atoms with Crippen molar-refractivity contribution in [3.8, 4) is 17.2 Å². The molecule has 2 fully saturated rings. The van der Waals surface area contributed by atoms with Crippen LogP contribution in [0.15, 0.2) is 36.5 Å². The molecule has 1 aliphatic carbocycles. The van der Waals surface area contributed by atoms with E-state index in [1.54, 1.807) is 13.3 Å². The van der Waals surface area contributed by atoms with Crippen LogP contribution in [0.25, 0.3) is 11.1 Å². The number of pyridine rings is 1. The van der Waals surface area contributed by atoms with Crippen molar-refractivity contribution in [2.45, 2.75) is 25.4 Å². The molecule has 0 spiro atoms. The number of hydrogen-bond donors (Lipinski definition) is 1. The SMILES string of the molecule is COC1CCN(c2ccc(-c3ccnc(NC(=O)C4CC4)c3)cc2C#N)C1. The highest BCUT2D eigenvalue weighted by molar-refractivity contribution is 5.93. The van der Waals surface area contributed by atoms with Gasteiger partial charge in [0, 0.05) is 32.3 Å². The average molecular weight is 362 g/mol. The van der Waals surface area contributed by atoms with Crippen molar-refractivity contribution in [3.63, 3.8) is 0 Å². The lowest BCUT2D eigenvalue weighted by atomic mass is 10.0. The van der Waals surface area contributed by atoms with Crippen LogP contribution in [0.5, 0.6) is 0 Å². The van der Waals surface area contributed by atoms with Crippen LogP contribution < -0.4 is 10.2 Å². The topological polar surface area (TPSA) is 78.2 Å². The molecule has 2 aromatic rings. The third-order valence-corrected chi connectivity index (χ3v) is 5.23. The second-order valence-electron chi connectivity index (χ2n) is 7.13. The van der Waals surface area contributed by atoms with Gasteiger partial charge in [0.1, 0.15) is 11.9 Å². The molecule has 1 saturated heterocycles. The summed E-state index contributed by atoms with van der Waals surface area (Å²) in [5.74, 6) is 0.722. The number of nitrogens with one attached hydrogen (secondary N) is 1. The average Bonchev–Trinajstić information content (AvgIpc) is 3.45. The first-order valence-corrected chi connectivity index (χ1v) is 9.27. The van der Waals surface area contributed by atoms with E-state index in [1.807, 2.05) is 30.3 Å². The van der Waals surface area contributed by atoms with Gasteiger partial charge in [0.2, 0.25) is 5.91 Å². The smallest absolute Gasteiger partial charge is 0.228 e. The maximum absolute atomic E-state index is 12.0. The Kier molecular flexibility index (Phi) is 4.78. The Balaban J connectivity index is 1.57. The molecule has 1 N–H and O–H groups in total. The first kappa shape index (κ1) is 17.5. The van der Waals surface area contributed by atoms with E-state index in [1.165, 1.54) is 0 Å². The Bertz CT molecular complexity index is 901. The lowest BCUT2D eigenvalue weighted by molar-refractivity contribution is -0.117. The van der Waals surface area contributed by atoms with Crippen LogP contribution in [-0.2, 0) is 9.53 Å². The molecule has 1 atom stereocenters. The molecule has 2 aliphatic rings. The van der Waals surface area contributed by atoms with Gasteiger partial charge in [-0.25, -0.2) is 4.98 Å². The van der Waals surface area contributed by atoms with E-state index < -0.39 is 0 Å². The summed E-state index contributed by atoms with van der Waals surface area (Å²) < 4.78 is 5.43. The molecular weight excluding hydrogens is 340 g/mol. The molecule has 1 aliphatic heterocycles. The van der Waals surface area contributed by atoms with Crippen LogP contribution in [0.1, 0.15) is 24.8 Å². The van der Waals surface area contributed by atoms with Gasteiger partial charge in [-0.15, -0.1) is 0 Å². The van der Waals surface area contributed by atoms with Crippen molar-refractivity contribution < 1.29 is 9.53 Å². The number of rotatable bonds is 5. The van der Waals surface area contributed by atoms with E-state index in [2.05, 4.69) is 21.3 Å². The van der Waals surface area contributed by atoms with Crippen molar-refractivity contribution in [1.29, 1.82) is 5.26 Å². The second kappa shape index (κ2) is 7.37. The zero-order valence-electron chi connectivity index (χ0n) is 15.3. The van der Waals surface area contributed by atoms with Crippen LogP contribution in [0, 0.1) is 17.2 Å². The van der Waals surface area contributed by atoms with Gasteiger partial charge in [-0.2, -0.15) is 5.26 Å². The van der Waals surface area contributed by atoms with Crippen LogP contribution in [0.4, 0.5) is 11.5 Å². The van der Waals surface area contributed by atoms with Gasteiger partial charge in [0.25, 0.3) is 0 Å². The maximum atomic E-state index is 12.0. The summed E-state index contributed by atoms with van der Waals surface area (Å²) in [5, 5.41) is 12.5. The van der Waals surface area contributed by atoms with Crippen molar-refractivity contribution in [2.75, 3.05) is 30.4 Å². The number of amides is 1. The fourth-order valence-corrected chi connectivity index (χ4v) is 3.47. The van der Waals surface area contributed by atoms with Gasteiger partial charge in [-0.05, 0) is 54.7 Å². The number of ether oxygens (including phenoxy) is 1. The number of methoxy groups -OCH3 is 1. The molecule has 1 aromatic carbocycles. The molecule has 1 aromatic heterocycles. The Morgan fingerprint density at radius 2 is 2.07 bits per heavy atom. The Morgan fingerprint density at radius 1 is 1.26 bits per heavy atom. The van der Waals surface area contributed by atoms with Gasteiger partial charge in [-0.1, -0.05) is 6.07 Å². The van der Waals surface area contributed by atoms with E-state index in [0.29, 0.717) is 11.4 Å². The number of carbonyl (C=O) groups excluding carboxylic acids is 1. The summed E-state index contributed by atoms with van der Waals surface area (Å²) in [6.45, 7) is 1.69. The van der Waals surface area contributed by atoms with E-state index in [9.17, 15) is 10.1 Å². The second-order valence-corrected chi connectivity index (χ2v) is 7.13. The molecule has 1 amide bonds. The first-order chi connectivity index (χ1) is 13.2. The summed E-state index contributed by atoms with van der Waals surface area (Å²) in [6, 6.07) is 12.0. The molecule has 1 unspecified atom stereocenters. The number of anilines is 2. The van der Waals surface area contributed by atoms with Crippen molar-refractivity contribution in [3.05, 3.63) is 42.1 Å². The number of benzene rings is 1. The summed E-state index contributed by atoms with van der Waals surface area (Å²) in [6.07, 6.45) is 4.78. The minimum absolute atomic E-state index is 0.0365. The predicted octanol–water partition coefficient (Wildman–Crippen LogP) is 3.19. The number of nitriles is 1. The van der Waals surface area contributed by atoms with Gasteiger partial charge in [0.05, 0.1) is 17.4 Å². The minimum Gasteiger partial charge on any atom is -0.380 e. The van der Waals surface area contributed by atoms with Crippen LogP contribution in [-0.4, -0.2) is 37.2 Å². The standard InChI is InChI=1S/C21H22N4O2/c1-27-18-7-9-25(13-18)19-5-4-15(10-17(19)12-22)16-6-8-23-20(11-16)24-21(26)14-2-3-14/h4-6,8,10-11,14,18H,2-3,7,9,13H2,1H3,(H,23,24,26). The zero-order chi connectivity index (χ0) is 18.8. The van der Waals surface area contributed by atoms with E-state index >= 15 is 0 Å². The largest absolute Gasteiger partial charge is 0.380 e. The summed E-state index contributed by atoms with van der Waals surface area (Å²) in [4.78, 5) is 18.4. The Labute approximate surface area is 158 Å². The lowest BCUT2D eigenvalue weighted by Gasteiger charge is -2.20. The molecule has 0 bridgehead atoms. The molecule has 2 heterocycles. The molecule has 6 nitrogen and oxygen atoms in total. The fraction of sp³-hybridized carbons (Fsp3) is 0.381. The van der Waals surface area contributed by atoms with Gasteiger partial charge in [0.15, 0.2) is 0 Å². The molecule has 27 heavy (non-hydrogen) atoms. The molecule has 6 heteroatoms. The van der Waals surface area contributed by atoms with Crippen molar-refractivity contribution in [1.82, 2.24) is 4.98 Å². The van der Waals surface area contributed by atoms with E-state index in [0.717, 1.165) is 49.2 Å². The maximum Gasteiger partial charge on any atom is 0.228 e. The summed E-state index contributed by atoms with van der Waals surface area (Å²) in [7, 11) is 1.73. The molecule has 0 radical (unpaired) electrons. The summed E-state index contributed by atoms with van der Waals surface area (Å²) >= 11 is 0.